The second-order valence-corrected chi connectivity index (χ2v) is 5.83. The first kappa shape index (κ1) is 14.5. The zero-order valence-electron chi connectivity index (χ0n) is 12.4. The average Bonchev–Trinajstić information content (AvgIpc) is 2.45. The van der Waals surface area contributed by atoms with Gasteiger partial charge in [-0.05, 0) is 30.9 Å². The molecule has 2 nitrogen and oxygen atoms in total. The molecular weight excluding hydrogens is 234 g/mol. The van der Waals surface area contributed by atoms with Crippen LogP contribution in [0.3, 0.4) is 0 Å². The maximum atomic E-state index is 5.13. The van der Waals surface area contributed by atoms with Crippen molar-refractivity contribution in [3.05, 3.63) is 35.4 Å². The minimum absolute atomic E-state index is 0.345. The zero-order chi connectivity index (χ0) is 13.6. The summed E-state index contributed by atoms with van der Waals surface area (Å²) in [5.41, 5.74) is 3.34. The number of rotatable bonds is 6. The number of hydrogen-bond donors (Lipinski definition) is 1. The minimum atomic E-state index is 0.345. The van der Waals surface area contributed by atoms with E-state index in [0.717, 1.165) is 19.7 Å². The van der Waals surface area contributed by atoms with Crippen molar-refractivity contribution in [2.24, 2.45) is 0 Å². The molecule has 2 rings (SSSR count). The van der Waals surface area contributed by atoms with E-state index in [1.54, 1.807) is 12.7 Å². The fourth-order valence-corrected chi connectivity index (χ4v) is 3.44. The van der Waals surface area contributed by atoms with E-state index in [0.29, 0.717) is 5.41 Å². The second-order valence-electron chi connectivity index (χ2n) is 5.83. The first-order valence-corrected chi connectivity index (χ1v) is 7.54. The lowest BCUT2D eigenvalue weighted by Gasteiger charge is -2.39. The second kappa shape index (κ2) is 7.06. The molecule has 19 heavy (non-hydrogen) atoms. The van der Waals surface area contributed by atoms with Gasteiger partial charge in [0.1, 0.15) is 0 Å². The van der Waals surface area contributed by atoms with E-state index in [-0.39, 0.29) is 0 Å². The Kier molecular flexibility index (Phi) is 5.41. The Bertz CT molecular complexity index is 383. The largest absolute Gasteiger partial charge is 0.383 e. The molecule has 0 radical (unpaired) electrons. The van der Waals surface area contributed by atoms with Gasteiger partial charge in [0, 0.05) is 25.6 Å². The van der Waals surface area contributed by atoms with Crippen molar-refractivity contribution >= 4 is 0 Å². The average molecular weight is 261 g/mol. The van der Waals surface area contributed by atoms with Gasteiger partial charge in [0.15, 0.2) is 0 Å². The van der Waals surface area contributed by atoms with Gasteiger partial charge in [-0.25, -0.2) is 0 Å². The summed E-state index contributed by atoms with van der Waals surface area (Å²) >= 11 is 0. The van der Waals surface area contributed by atoms with Gasteiger partial charge in [0.2, 0.25) is 0 Å². The third kappa shape index (κ3) is 3.58. The minimum Gasteiger partial charge on any atom is -0.383 e. The number of benzene rings is 1. The summed E-state index contributed by atoms with van der Waals surface area (Å²) < 4.78 is 5.13. The highest BCUT2D eigenvalue weighted by Gasteiger charge is 2.34. The summed E-state index contributed by atoms with van der Waals surface area (Å²) in [5, 5.41) is 3.60. The lowest BCUT2D eigenvalue weighted by atomic mass is 9.68. The molecule has 1 aliphatic carbocycles. The summed E-state index contributed by atoms with van der Waals surface area (Å²) in [4.78, 5) is 0. The van der Waals surface area contributed by atoms with Crippen LogP contribution in [0.5, 0.6) is 0 Å². The van der Waals surface area contributed by atoms with E-state index in [2.05, 4.69) is 36.5 Å². The number of aryl methyl sites for hydroxylation is 1. The molecule has 106 valence electrons. The smallest absolute Gasteiger partial charge is 0.0587 e. The third-order valence-electron chi connectivity index (χ3n) is 4.47. The fraction of sp³-hybridized carbons (Fsp3) is 0.647. The van der Waals surface area contributed by atoms with Crippen LogP contribution in [0.4, 0.5) is 0 Å². The van der Waals surface area contributed by atoms with Gasteiger partial charge in [-0.2, -0.15) is 0 Å². The first-order chi connectivity index (χ1) is 9.28. The van der Waals surface area contributed by atoms with E-state index in [1.807, 2.05) is 0 Å². The van der Waals surface area contributed by atoms with Gasteiger partial charge in [-0.3, -0.25) is 0 Å². The van der Waals surface area contributed by atoms with Gasteiger partial charge in [0.25, 0.3) is 0 Å². The van der Waals surface area contributed by atoms with Gasteiger partial charge >= 0.3 is 0 Å². The molecule has 1 fully saturated rings. The standard InChI is InChI=1S/C17H27NO/c1-15-8-4-5-9-16(15)17(10-6-3-7-11-17)14-18-12-13-19-2/h4-5,8-9,18H,3,6-7,10-14H2,1-2H3. The van der Waals surface area contributed by atoms with E-state index < -0.39 is 0 Å². The Morgan fingerprint density at radius 2 is 1.89 bits per heavy atom. The molecule has 0 aliphatic heterocycles. The van der Waals surface area contributed by atoms with Crippen LogP contribution >= 0.6 is 0 Å². The summed E-state index contributed by atoms with van der Waals surface area (Å²) in [6.45, 7) is 5.08. The quantitative estimate of drug-likeness (QED) is 0.792. The molecule has 1 N–H and O–H groups in total. The molecule has 0 amide bonds. The van der Waals surface area contributed by atoms with Crippen LogP contribution in [-0.2, 0) is 10.2 Å². The van der Waals surface area contributed by atoms with Crippen molar-refractivity contribution in [2.45, 2.75) is 44.4 Å². The lowest BCUT2D eigenvalue weighted by Crippen LogP contribution is -2.41. The van der Waals surface area contributed by atoms with E-state index in [1.165, 1.54) is 37.7 Å². The fourth-order valence-electron chi connectivity index (χ4n) is 3.44. The molecule has 0 heterocycles. The van der Waals surface area contributed by atoms with Crippen LogP contribution in [-0.4, -0.2) is 26.8 Å². The molecule has 1 aromatic carbocycles. The Hall–Kier alpha value is -0.860. The van der Waals surface area contributed by atoms with Crippen LogP contribution in [0.1, 0.15) is 43.2 Å². The number of nitrogens with one attached hydrogen (secondary N) is 1. The summed E-state index contributed by atoms with van der Waals surface area (Å²) in [6, 6.07) is 8.92. The molecule has 0 unspecified atom stereocenters. The third-order valence-corrected chi connectivity index (χ3v) is 4.47. The number of methoxy groups -OCH3 is 1. The molecule has 0 bridgehead atoms. The SMILES string of the molecule is COCCNCC1(c2ccccc2C)CCCCC1. The van der Waals surface area contributed by atoms with Crippen molar-refractivity contribution in [3.8, 4) is 0 Å². The Morgan fingerprint density at radius 1 is 1.16 bits per heavy atom. The molecule has 1 saturated carbocycles. The highest BCUT2D eigenvalue weighted by atomic mass is 16.5. The number of ether oxygens (including phenoxy) is 1. The maximum absolute atomic E-state index is 5.13. The molecule has 0 saturated heterocycles. The molecule has 1 aromatic rings. The maximum Gasteiger partial charge on any atom is 0.0587 e. The van der Waals surface area contributed by atoms with Crippen LogP contribution in [0.25, 0.3) is 0 Å². The van der Waals surface area contributed by atoms with E-state index in [4.69, 9.17) is 4.74 Å². The molecule has 0 spiro atoms. The van der Waals surface area contributed by atoms with Gasteiger partial charge in [-0.1, -0.05) is 43.5 Å². The van der Waals surface area contributed by atoms with Crippen LogP contribution in [0, 0.1) is 6.92 Å². The van der Waals surface area contributed by atoms with Crippen molar-refractivity contribution in [2.75, 3.05) is 26.8 Å². The van der Waals surface area contributed by atoms with E-state index in [9.17, 15) is 0 Å². The molecule has 0 aromatic heterocycles. The molecular formula is C17H27NO. The summed E-state index contributed by atoms with van der Waals surface area (Å²) in [6.07, 6.45) is 6.75. The highest BCUT2D eigenvalue weighted by molar-refractivity contribution is 5.34. The Labute approximate surface area is 117 Å². The van der Waals surface area contributed by atoms with Crippen molar-refractivity contribution in [1.82, 2.24) is 5.32 Å². The molecule has 2 heteroatoms. The highest BCUT2D eigenvalue weighted by Crippen LogP contribution is 2.40. The zero-order valence-corrected chi connectivity index (χ0v) is 12.4. The predicted molar refractivity (Wildman–Crippen MR) is 80.7 cm³/mol. The normalized spacial score (nSPS) is 18.4. The monoisotopic (exact) mass is 261 g/mol. The van der Waals surface area contributed by atoms with Crippen molar-refractivity contribution < 1.29 is 4.74 Å². The van der Waals surface area contributed by atoms with E-state index >= 15 is 0 Å². The number of hydrogen-bond acceptors (Lipinski definition) is 2. The summed E-state index contributed by atoms with van der Waals surface area (Å²) in [7, 11) is 1.76. The Morgan fingerprint density at radius 3 is 2.58 bits per heavy atom. The first-order valence-electron chi connectivity index (χ1n) is 7.54. The van der Waals surface area contributed by atoms with Crippen LogP contribution < -0.4 is 5.32 Å². The van der Waals surface area contributed by atoms with Crippen LogP contribution in [0.15, 0.2) is 24.3 Å². The molecule has 0 atom stereocenters. The van der Waals surface area contributed by atoms with Gasteiger partial charge in [-0.15, -0.1) is 0 Å². The lowest BCUT2D eigenvalue weighted by molar-refractivity contribution is 0.192. The van der Waals surface area contributed by atoms with Gasteiger partial charge in [0.05, 0.1) is 6.61 Å². The van der Waals surface area contributed by atoms with Gasteiger partial charge < -0.3 is 10.1 Å². The topological polar surface area (TPSA) is 21.3 Å². The van der Waals surface area contributed by atoms with Crippen molar-refractivity contribution in [1.29, 1.82) is 0 Å². The Balaban J connectivity index is 2.12. The predicted octanol–water partition coefficient (Wildman–Crippen LogP) is 3.43. The van der Waals surface area contributed by atoms with Crippen LogP contribution in [0.2, 0.25) is 0 Å². The molecule has 1 aliphatic rings. The summed E-state index contributed by atoms with van der Waals surface area (Å²) in [5.74, 6) is 0. The van der Waals surface area contributed by atoms with Crippen molar-refractivity contribution in [3.63, 3.8) is 0 Å².